The highest BCUT2D eigenvalue weighted by Gasteiger charge is 2.16. The Morgan fingerprint density at radius 1 is 1.23 bits per heavy atom. The maximum Gasteiger partial charge on any atom is 0.407 e. The first-order valence-electron chi connectivity index (χ1n) is 8.18. The number of amides is 1. The molecule has 0 aromatic carbocycles. The van der Waals surface area contributed by atoms with Gasteiger partial charge in [0.05, 0.1) is 0 Å². The SMILES string of the molecule is C=C(CCCNC(=O)OC(C)(C)C)C1CNCCNCCN1. The molecule has 1 amide bonds. The number of rotatable bonds is 5. The zero-order chi connectivity index (χ0) is 16.4. The lowest BCUT2D eigenvalue weighted by molar-refractivity contribution is 0.0527. The van der Waals surface area contributed by atoms with E-state index in [0.717, 1.165) is 45.6 Å². The van der Waals surface area contributed by atoms with Gasteiger partial charge in [-0.25, -0.2) is 4.79 Å². The quantitative estimate of drug-likeness (QED) is 0.450. The van der Waals surface area contributed by atoms with Gasteiger partial charge in [-0.1, -0.05) is 12.2 Å². The summed E-state index contributed by atoms with van der Waals surface area (Å²) in [5.41, 5.74) is 0.731. The standard InChI is InChI=1S/C16H32N4O2/c1-13(14-12-18-9-8-17-10-11-19-14)6-5-7-20-15(21)22-16(2,3)4/h14,17-19H,1,5-12H2,2-4H3,(H,20,21). The molecule has 6 heteroatoms. The molecular weight excluding hydrogens is 280 g/mol. The van der Waals surface area contributed by atoms with Gasteiger partial charge in [0.25, 0.3) is 0 Å². The maximum absolute atomic E-state index is 11.5. The van der Waals surface area contributed by atoms with Crippen molar-refractivity contribution in [2.24, 2.45) is 0 Å². The van der Waals surface area contributed by atoms with E-state index >= 15 is 0 Å². The van der Waals surface area contributed by atoms with Crippen LogP contribution in [0.4, 0.5) is 4.79 Å². The van der Waals surface area contributed by atoms with Crippen LogP contribution in [0.5, 0.6) is 0 Å². The van der Waals surface area contributed by atoms with E-state index in [-0.39, 0.29) is 6.09 Å². The van der Waals surface area contributed by atoms with Gasteiger partial charge in [-0.05, 0) is 33.6 Å². The fourth-order valence-corrected chi connectivity index (χ4v) is 2.24. The molecule has 1 aliphatic heterocycles. The summed E-state index contributed by atoms with van der Waals surface area (Å²) in [4.78, 5) is 11.5. The Kier molecular flexibility index (Phi) is 8.45. The molecule has 1 rings (SSSR count). The van der Waals surface area contributed by atoms with Crippen molar-refractivity contribution >= 4 is 6.09 Å². The lowest BCUT2D eigenvalue weighted by Crippen LogP contribution is -2.40. The Morgan fingerprint density at radius 2 is 1.91 bits per heavy atom. The maximum atomic E-state index is 11.5. The third kappa shape index (κ3) is 9.02. The monoisotopic (exact) mass is 312 g/mol. The molecule has 0 radical (unpaired) electrons. The summed E-state index contributed by atoms with van der Waals surface area (Å²) in [6.45, 7) is 15.2. The van der Waals surface area contributed by atoms with Gasteiger partial charge in [-0.2, -0.15) is 0 Å². The highest BCUT2D eigenvalue weighted by molar-refractivity contribution is 5.67. The van der Waals surface area contributed by atoms with Crippen LogP contribution < -0.4 is 21.3 Å². The van der Waals surface area contributed by atoms with Crippen molar-refractivity contribution in [3.8, 4) is 0 Å². The van der Waals surface area contributed by atoms with Gasteiger partial charge in [0.15, 0.2) is 0 Å². The summed E-state index contributed by atoms with van der Waals surface area (Å²) >= 11 is 0. The van der Waals surface area contributed by atoms with Crippen LogP contribution in [-0.2, 0) is 4.74 Å². The molecule has 0 aliphatic carbocycles. The predicted octanol–water partition coefficient (Wildman–Crippen LogP) is 0.999. The minimum absolute atomic E-state index is 0.293. The highest BCUT2D eigenvalue weighted by Crippen LogP contribution is 2.09. The van der Waals surface area contributed by atoms with E-state index in [2.05, 4.69) is 27.8 Å². The zero-order valence-corrected chi connectivity index (χ0v) is 14.3. The van der Waals surface area contributed by atoms with Gasteiger partial charge in [-0.3, -0.25) is 0 Å². The Labute approximate surface area is 134 Å². The third-order valence-corrected chi connectivity index (χ3v) is 3.36. The van der Waals surface area contributed by atoms with Crippen LogP contribution in [0.15, 0.2) is 12.2 Å². The summed E-state index contributed by atoms with van der Waals surface area (Å²) < 4.78 is 5.20. The van der Waals surface area contributed by atoms with Crippen molar-refractivity contribution in [2.45, 2.75) is 45.3 Å². The normalized spacial score (nSPS) is 20.4. The predicted molar refractivity (Wildman–Crippen MR) is 90.1 cm³/mol. The molecule has 1 unspecified atom stereocenters. The smallest absolute Gasteiger partial charge is 0.407 e. The number of carbonyl (C=O) groups is 1. The second-order valence-electron chi connectivity index (χ2n) is 6.65. The molecule has 1 heterocycles. The van der Waals surface area contributed by atoms with E-state index in [1.807, 2.05) is 20.8 Å². The Bertz CT molecular complexity index is 343. The van der Waals surface area contributed by atoms with Crippen molar-refractivity contribution in [1.29, 1.82) is 0 Å². The van der Waals surface area contributed by atoms with Crippen LogP contribution in [-0.4, -0.2) is 57.0 Å². The van der Waals surface area contributed by atoms with Crippen molar-refractivity contribution in [1.82, 2.24) is 21.3 Å². The summed E-state index contributed by atoms with van der Waals surface area (Å²) in [6.07, 6.45) is 1.41. The van der Waals surface area contributed by atoms with Gasteiger partial charge in [0.2, 0.25) is 0 Å². The van der Waals surface area contributed by atoms with Gasteiger partial charge in [0.1, 0.15) is 5.60 Å². The van der Waals surface area contributed by atoms with Crippen LogP contribution >= 0.6 is 0 Å². The number of nitrogens with one attached hydrogen (secondary N) is 4. The van der Waals surface area contributed by atoms with E-state index in [1.165, 1.54) is 5.57 Å². The first-order valence-corrected chi connectivity index (χ1v) is 8.18. The molecule has 1 atom stereocenters. The summed E-state index contributed by atoms with van der Waals surface area (Å²) in [7, 11) is 0. The van der Waals surface area contributed by atoms with Crippen LogP contribution in [0.1, 0.15) is 33.6 Å². The Balaban J connectivity index is 2.19. The van der Waals surface area contributed by atoms with E-state index < -0.39 is 5.60 Å². The first-order chi connectivity index (χ1) is 10.4. The van der Waals surface area contributed by atoms with E-state index in [4.69, 9.17) is 4.74 Å². The lowest BCUT2D eigenvalue weighted by Gasteiger charge is -2.21. The fraction of sp³-hybridized carbons (Fsp3) is 0.812. The lowest BCUT2D eigenvalue weighted by atomic mass is 10.0. The molecule has 1 saturated heterocycles. The largest absolute Gasteiger partial charge is 0.444 e. The van der Waals surface area contributed by atoms with Crippen molar-refractivity contribution in [3.63, 3.8) is 0 Å². The Hall–Kier alpha value is -1.11. The van der Waals surface area contributed by atoms with Crippen LogP contribution in [0, 0.1) is 0 Å². The third-order valence-electron chi connectivity index (χ3n) is 3.36. The second-order valence-corrected chi connectivity index (χ2v) is 6.65. The molecular formula is C16H32N4O2. The molecule has 6 nitrogen and oxygen atoms in total. The number of hydrogen-bond acceptors (Lipinski definition) is 5. The Morgan fingerprint density at radius 3 is 2.64 bits per heavy atom. The molecule has 1 aliphatic rings. The molecule has 0 saturated carbocycles. The van der Waals surface area contributed by atoms with E-state index in [9.17, 15) is 4.79 Å². The average Bonchev–Trinajstić information content (AvgIpc) is 2.55. The van der Waals surface area contributed by atoms with Crippen molar-refractivity contribution < 1.29 is 9.53 Å². The minimum atomic E-state index is -0.450. The van der Waals surface area contributed by atoms with Gasteiger partial charge < -0.3 is 26.0 Å². The molecule has 0 bridgehead atoms. The minimum Gasteiger partial charge on any atom is -0.444 e. The van der Waals surface area contributed by atoms with Crippen LogP contribution in [0.3, 0.4) is 0 Å². The van der Waals surface area contributed by atoms with Gasteiger partial charge in [0, 0.05) is 45.3 Å². The molecule has 4 N–H and O–H groups in total. The summed E-state index contributed by atoms with van der Waals surface area (Å²) in [5, 5.41) is 13.1. The van der Waals surface area contributed by atoms with E-state index in [1.54, 1.807) is 0 Å². The molecule has 22 heavy (non-hydrogen) atoms. The number of ether oxygens (including phenoxy) is 1. The summed E-state index contributed by atoms with van der Waals surface area (Å²) in [6, 6.07) is 0.293. The van der Waals surface area contributed by atoms with Crippen LogP contribution in [0.25, 0.3) is 0 Å². The van der Waals surface area contributed by atoms with Crippen LogP contribution in [0.2, 0.25) is 0 Å². The molecule has 0 spiro atoms. The van der Waals surface area contributed by atoms with Crippen molar-refractivity contribution in [3.05, 3.63) is 12.2 Å². The highest BCUT2D eigenvalue weighted by atomic mass is 16.6. The number of carbonyl (C=O) groups excluding carboxylic acids is 1. The van der Waals surface area contributed by atoms with Gasteiger partial charge >= 0.3 is 6.09 Å². The number of hydrogen-bond donors (Lipinski definition) is 4. The van der Waals surface area contributed by atoms with E-state index in [0.29, 0.717) is 12.6 Å². The topological polar surface area (TPSA) is 74.4 Å². The number of alkyl carbamates (subject to hydrolysis) is 1. The molecule has 0 aromatic heterocycles. The van der Waals surface area contributed by atoms with Crippen molar-refractivity contribution in [2.75, 3.05) is 39.3 Å². The first kappa shape index (κ1) is 18.9. The molecule has 1 fully saturated rings. The average molecular weight is 312 g/mol. The molecule has 128 valence electrons. The van der Waals surface area contributed by atoms with Gasteiger partial charge in [-0.15, -0.1) is 0 Å². The fourth-order valence-electron chi connectivity index (χ4n) is 2.24. The summed E-state index contributed by atoms with van der Waals surface area (Å²) in [5.74, 6) is 0. The second kappa shape index (κ2) is 9.82. The zero-order valence-electron chi connectivity index (χ0n) is 14.3. The molecule has 0 aromatic rings.